The summed E-state index contributed by atoms with van der Waals surface area (Å²) in [6, 6.07) is 14.7. The molecule has 0 saturated heterocycles. The van der Waals surface area contributed by atoms with Crippen LogP contribution in [0, 0.1) is 0 Å². The maximum atomic E-state index is 11.8. The number of hydrogen-bond donors (Lipinski definition) is 2. The van der Waals surface area contributed by atoms with Crippen LogP contribution < -0.4 is 20.2 Å². The van der Waals surface area contributed by atoms with E-state index in [1.165, 1.54) is 13.3 Å². The first-order chi connectivity index (χ1) is 12.6. The molecular formula is C19H21N3O4. The van der Waals surface area contributed by atoms with E-state index in [0.29, 0.717) is 23.6 Å². The number of hydrogen-bond acceptors (Lipinski definition) is 5. The van der Waals surface area contributed by atoms with Gasteiger partial charge in [0.1, 0.15) is 17.9 Å². The van der Waals surface area contributed by atoms with Crippen LogP contribution in [0.4, 0.5) is 0 Å². The second-order valence-electron chi connectivity index (χ2n) is 5.34. The van der Waals surface area contributed by atoms with Crippen LogP contribution in [0.2, 0.25) is 0 Å². The number of amides is 2. The third kappa shape index (κ3) is 5.94. The fourth-order valence-corrected chi connectivity index (χ4v) is 2.16. The van der Waals surface area contributed by atoms with E-state index < -0.39 is 5.91 Å². The highest BCUT2D eigenvalue weighted by Crippen LogP contribution is 2.22. The number of ether oxygens (including phenoxy) is 2. The minimum absolute atomic E-state index is 0.306. The summed E-state index contributed by atoms with van der Waals surface area (Å²) in [7, 11) is 3.09. The van der Waals surface area contributed by atoms with E-state index in [9.17, 15) is 9.59 Å². The number of hydrazone groups is 1. The fourth-order valence-electron chi connectivity index (χ4n) is 2.16. The highest BCUT2D eigenvalue weighted by molar-refractivity contribution is 5.97. The van der Waals surface area contributed by atoms with Gasteiger partial charge in [0.05, 0.1) is 20.4 Å². The molecule has 0 fully saturated rings. The molecule has 0 radical (unpaired) electrons. The highest BCUT2D eigenvalue weighted by Gasteiger charge is 2.08. The third-order valence-electron chi connectivity index (χ3n) is 3.48. The van der Waals surface area contributed by atoms with Gasteiger partial charge in [-0.15, -0.1) is 0 Å². The minimum atomic E-state index is -0.506. The molecule has 0 aliphatic carbocycles. The van der Waals surface area contributed by atoms with Crippen molar-refractivity contribution in [3.05, 3.63) is 59.7 Å². The molecule has 0 unspecified atom stereocenters. The van der Waals surface area contributed by atoms with Crippen molar-refractivity contribution in [1.82, 2.24) is 10.7 Å². The van der Waals surface area contributed by atoms with Crippen LogP contribution in [-0.4, -0.2) is 32.2 Å². The van der Waals surface area contributed by atoms with E-state index in [2.05, 4.69) is 15.8 Å². The molecule has 26 heavy (non-hydrogen) atoms. The lowest BCUT2D eigenvalue weighted by molar-refractivity contribution is -0.129. The molecule has 0 spiro atoms. The number of carbonyl (C=O) groups excluding carboxylic acids is 2. The van der Waals surface area contributed by atoms with Gasteiger partial charge in [0, 0.05) is 12.1 Å². The van der Waals surface area contributed by atoms with Gasteiger partial charge in [-0.1, -0.05) is 30.3 Å². The van der Waals surface area contributed by atoms with Crippen LogP contribution in [0.1, 0.15) is 17.5 Å². The van der Waals surface area contributed by atoms with Crippen LogP contribution in [0.25, 0.3) is 0 Å². The molecule has 0 aliphatic heterocycles. The summed E-state index contributed by atoms with van der Waals surface area (Å²) in [6.45, 7) is 0.372. The van der Waals surface area contributed by atoms with Crippen LogP contribution in [0.15, 0.2) is 53.6 Å². The van der Waals surface area contributed by atoms with Crippen molar-refractivity contribution in [3.63, 3.8) is 0 Å². The SMILES string of the molecule is COc1ccc(OC)c(/C=N\NC(=O)CC(=O)NCc2ccccc2)c1. The molecule has 0 bridgehead atoms. The Balaban J connectivity index is 1.82. The van der Waals surface area contributed by atoms with Gasteiger partial charge in [0.15, 0.2) is 0 Å². The van der Waals surface area contributed by atoms with Crippen LogP contribution in [0.5, 0.6) is 11.5 Å². The highest BCUT2D eigenvalue weighted by atomic mass is 16.5. The summed E-state index contributed by atoms with van der Waals surface area (Å²) in [5, 5.41) is 6.54. The molecule has 0 heterocycles. The molecule has 2 amide bonds. The minimum Gasteiger partial charge on any atom is -0.497 e. The van der Waals surface area contributed by atoms with Gasteiger partial charge in [-0.05, 0) is 23.8 Å². The van der Waals surface area contributed by atoms with Crippen LogP contribution in [0.3, 0.4) is 0 Å². The Bertz CT molecular complexity index is 776. The quantitative estimate of drug-likeness (QED) is 0.430. The predicted octanol–water partition coefficient (Wildman–Crippen LogP) is 1.86. The first kappa shape index (κ1) is 19.0. The Hall–Kier alpha value is -3.35. The summed E-state index contributed by atoms with van der Waals surface area (Å²) >= 11 is 0. The second kappa shape index (κ2) is 9.83. The molecule has 2 N–H and O–H groups in total. The lowest BCUT2D eigenvalue weighted by Gasteiger charge is -2.07. The number of nitrogens with one attached hydrogen (secondary N) is 2. The Kier molecular flexibility index (Phi) is 7.17. The van der Waals surface area contributed by atoms with Crippen molar-refractivity contribution in [1.29, 1.82) is 0 Å². The van der Waals surface area contributed by atoms with Gasteiger partial charge in [0.25, 0.3) is 0 Å². The molecule has 2 aromatic carbocycles. The van der Waals surface area contributed by atoms with E-state index in [-0.39, 0.29) is 12.3 Å². The molecule has 0 aliphatic rings. The molecule has 7 heteroatoms. The maximum Gasteiger partial charge on any atom is 0.249 e. The zero-order chi connectivity index (χ0) is 18.8. The van der Waals surface area contributed by atoms with E-state index in [1.54, 1.807) is 25.3 Å². The monoisotopic (exact) mass is 355 g/mol. The molecule has 0 aromatic heterocycles. The van der Waals surface area contributed by atoms with Crippen molar-refractivity contribution in [2.75, 3.05) is 14.2 Å². The van der Waals surface area contributed by atoms with Gasteiger partial charge in [0.2, 0.25) is 11.8 Å². The Labute approximate surface area is 152 Å². The van der Waals surface area contributed by atoms with Crippen molar-refractivity contribution in [2.45, 2.75) is 13.0 Å². The molecule has 0 atom stereocenters. The number of nitrogens with zero attached hydrogens (tertiary/aromatic N) is 1. The normalized spacial score (nSPS) is 10.4. The Morgan fingerprint density at radius 1 is 1.04 bits per heavy atom. The van der Waals surface area contributed by atoms with Gasteiger partial charge in [-0.25, -0.2) is 5.43 Å². The predicted molar refractivity (Wildman–Crippen MR) is 98.2 cm³/mol. The third-order valence-corrected chi connectivity index (χ3v) is 3.48. The maximum absolute atomic E-state index is 11.8. The standard InChI is InChI=1S/C19H21N3O4/c1-25-16-8-9-17(26-2)15(10-16)13-21-22-19(24)11-18(23)20-12-14-6-4-3-5-7-14/h3-10,13H,11-12H2,1-2H3,(H,20,23)(H,22,24)/b21-13-. The molecular weight excluding hydrogens is 334 g/mol. The number of rotatable bonds is 8. The van der Waals surface area contributed by atoms with E-state index in [4.69, 9.17) is 9.47 Å². The van der Waals surface area contributed by atoms with E-state index >= 15 is 0 Å². The zero-order valence-electron chi connectivity index (χ0n) is 14.7. The molecule has 7 nitrogen and oxygen atoms in total. The van der Waals surface area contributed by atoms with Gasteiger partial charge in [-0.3, -0.25) is 9.59 Å². The smallest absolute Gasteiger partial charge is 0.249 e. The largest absolute Gasteiger partial charge is 0.497 e. The Morgan fingerprint density at radius 3 is 2.50 bits per heavy atom. The summed E-state index contributed by atoms with van der Waals surface area (Å²) in [5.41, 5.74) is 3.92. The zero-order valence-corrected chi connectivity index (χ0v) is 14.7. The lowest BCUT2D eigenvalue weighted by Crippen LogP contribution is -2.29. The first-order valence-electron chi connectivity index (χ1n) is 7.97. The topological polar surface area (TPSA) is 89.0 Å². The van der Waals surface area contributed by atoms with Crippen LogP contribution in [-0.2, 0) is 16.1 Å². The van der Waals surface area contributed by atoms with Gasteiger partial charge in [-0.2, -0.15) is 5.10 Å². The molecule has 2 rings (SSSR count). The molecule has 2 aromatic rings. The van der Waals surface area contributed by atoms with Gasteiger partial charge >= 0.3 is 0 Å². The molecule has 136 valence electrons. The van der Waals surface area contributed by atoms with Crippen molar-refractivity contribution in [2.24, 2.45) is 5.10 Å². The summed E-state index contributed by atoms with van der Waals surface area (Å²) in [4.78, 5) is 23.6. The lowest BCUT2D eigenvalue weighted by atomic mass is 10.2. The first-order valence-corrected chi connectivity index (χ1v) is 7.97. The average molecular weight is 355 g/mol. The van der Waals surface area contributed by atoms with Crippen molar-refractivity contribution >= 4 is 18.0 Å². The summed E-state index contributed by atoms with van der Waals surface area (Å²) in [5.74, 6) is 0.345. The second-order valence-corrected chi connectivity index (χ2v) is 5.34. The summed E-state index contributed by atoms with van der Waals surface area (Å²) < 4.78 is 10.4. The Morgan fingerprint density at radius 2 is 1.81 bits per heavy atom. The number of carbonyl (C=O) groups is 2. The van der Waals surface area contributed by atoms with Crippen molar-refractivity contribution in [3.8, 4) is 11.5 Å². The van der Waals surface area contributed by atoms with Crippen molar-refractivity contribution < 1.29 is 19.1 Å². The van der Waals surface area contributed by atoms with Crippen LogP contribution >= 0.6 is 0 Å². The number of methoxy groups -OCH3 is 2. The molecule has 0 saturated carbocycles. The number of benzene rings is 2. The summed E-state index contributed by atoms with van der Waals surface area (Å²) in [6.07, 6.45) is 1.13. The van der Waals surface area contributed by atoms with E-state index in [1.807, 2.05) is 30.3 Å². The van der Waals surface area contributed by atoms with E-state index in [0.717, 1.165) is 5.56 Å². The average Bonchev–Trinajstić information content (AvgIpc) is 2.67. The van der Waals surface area contributed by atoms with Gasteiger partial charge < -0.3 is 14.8 Å². The fraction of sp³-hybridized carbons (Fsp3) is 0.211.